The minimum Gasteiger partial charge on any atom is -0.480 e. The number of amides is 1. The number of carbonyl (C=O) groups excluding carboxylic acids is 1. The van der Waals surface area contributed by atoms with Gasteiger partial charge in [-0.3, -0.25) is 4.79 Å². The first-order valence-corrected chi connectivity index (χ1v) is 7.92. The van der Waals surface area contributed by atoms with Crippen LogP contribution in [0.4, 0.5) is 8.78 Å². The molecule has 0 aliphatic carbocycles. The Morgan fingerprint density at radius 3 is 2.36 bits per heavy atom. The van der Waals surface area contributed by atoms with E-state index in [4.69, 9.17) is 23.2 Å². The summed E-state index contributed by atoms with van der Waals surface area (Å²) in [6.45, 7) is 0. The first kappa shape index (κ1) is 19.1. The van der Waals surface area contributed by atoms with Crippen LogP contribution in [0.15, 0.2) is 36.4 Å². The molecule has 8 heteroatoms. The Bertz CT molecular complexity index is 814. The first-order valence-electron chi connectivity index (χ1n) is 7.16. The molecule has 2 aromatic carbocycles. The van der Waals surface area contributed by atoms with Crippen molar-refractivity contribution in [3.05, 3.63) is 69.2 Å². The van der Waals surface area contributed by atoms with Gasteiger partial charge in [-0.15, -0.1) is 0 Å². The van der Waals surface area contributed by atoms with Crippen LogP contribution >= 0.6 is 23.2 Å². The largest absolute Gasteiger partial charge is 0.480 e. The van der Waals surface area contributed by atoms with Gasteiger partial charge in [-0.2, -0.15) is 0 Å². The van der Waals surface area contributed by atoms with Crippen LogP contribution < -0.4 is 5.32 Å². The summed E-state index contributed by atoms with van der Waals surface area (Å²) < 4.78 is 26.4. The molecule has 132 valence electrons. The third kappa shape index (κ3) is 5.41. The van der Waals surface area contributed by atoms with Gasteiger partial charge in [0.2, 0.25) is 5.91 Å². The molecule has 0 unspecified atom stereocenters. The Hall–Kier alpha value is -2.18. The number of rotatable bonds is 6. The second-order valence-corrected chi connectivity index (χ2v) is 6.15. The molecule has 0 saturated heterocycles. The summed E-state index contributed by atoms with van der Waals surface area (Å²) in [5, 5.41) is 12.3. The molecule has 0 heterocycles. The molecule has 0 aromatic heterocycles. The molecule has 0 fully saturated rings. The van der Waals surface area contributed by atoms with Crippen molar-refractivity contribution in [3.8, 4) is 0 Å². The number of carboxylic acid groups (broad SMARTS) is 1. The molecule has 0 saturated carbocycles. The van der Waals surface area contributed by atoms with Crippen molar-refractivity contribution in [2.24, 2.45) is 0 Å². The lowest BCUT2D eigenvalue weighted by Crippen LogP contribution is -2.43. The van der Waals surface area contributed by atoms with Gasteiger partial charge >= 0.3 is 5.97 Å². The highest BCUT2D eigenvalue weighted by Crippen LogP contribution is 2.22. The fourth-order valence-corrected chi connectivity index (χ4v) is 2.68. The van der Waals surface area contributed by atoms with Crippen LogP contribution in [0.25, 0.3) is 0 Å². The topological polar surface area (TPSA) is 66.4 Å². The Morgan fingerprint density at radius 1 is 1.08 bits per heavy atom. The highest BCUT2D eigenvalue weighted by Gasteiger charge is 2.22. The van der Waals surface area contributed by atoms with E-state index >= 15 is 0 Å². The quantitative estimate of drug-likeness (QED) is 0.795. The molecule has 2 aromatic rings. The monoisotopic (exact) mass is 387 g/mol. The Kier molecular flexibility index (Phi) is 6.33. The predicted molar refractivity (Wildman–Crippen MR) is 89.8 cm³/mol. The number of carboxylic acids is 1. The average Bonchev–Trinajstić information content (AvgIpc) is 2.51. The summed E-state index contributed by atoms with van der Waals surface area (Å²) in [6.07, 6.45) is -0.479. The van der Waals surface area contributed by atoms with Gasteiger partial charge in [0.15, 0.2) is 0 Å². The van der Waals surface area contributed by atoms with E-state index in [1.54, 1.807) is 12.1 Å². The summed E-state index contributed by atoms with van der Waals surface area (Å²) in [6, 6.07) is 6.14. The summed E-state index contributed by atoms with van der Waals surface area (Å²) >= 11 is 11.8. The molecule has 0 spiro atoms. The smallest absolute Gasteiger partial charge is 0.326 e. The minimum absolute atomic E-state index is 0.0347. The number of carbonyl (C=O) groups is 2. The normalized spacial score (nSPS) is 11.8. The summed E-state index contributed by atoms with van der Waals surface area (Å²) in [5.74, 6) is -3.60. The second-order valence-electron chi connectivity index (χ2n) is 5.31. The van der Waals surface area contributed by atoms with Crippen LogP contribution in [0.5, 0.6) is 0 Å². The van der Waals surface area contributed by atoms with Crippen LogP contribution in [0.3, 0.4) is 0 Å². The fourth-order valence-electron chi connectivity index (χ4n) is 2.19. The van der Waals surface area contributed by atoms with Gasteiger partial charge < -0.3 is 10.4 Å². The molecular weight excluding hydrogens is 375 g/mol. The number of nitrogens with one attached hydrogen (secondary N) is 1. The maximum atomic E-state index is 13.6. The minimum atomic E-state index is -1.26. The van der Waals surface area contributed by atoms with E-state index in [1.165, 1.54) is 6.07 Å². The number of aliphatic carboxylic acids is 1. The van der Waals surface area contributed by atoms with Gasteiger partial charge in [0.25, 0.3) is 0 Å². The van der Waals surface area contributed by atoms with Crippen LogP contribution in [-0.4, -0.2) is 23.0 Å². The van der Waals surface area contributed by atoms with E-state index < -0.39 is 36.0 Å². The Labute approximate surface area is 152 Å². The van der Waals surface area contributed by atoms with Crippen LogP contribution in [0, 0.1) is 11.6 Å². The van der Waals surface area contributed by atoms with Crippen LogP contribution in [0.1, 0.15) is 11.1 Å². The lowest BCUT2D eigenvalue weighted by Gasteiger charge is -2.16. The molecule has 1 atom stereocenters. The molecule has 2 rings (SSSR count). The van der Waals surface area contributed by atoms with E-state index in [0.717, 1.165) is 12.1 Å². The van der Waals surface area contributed by atoms with Gasteiger partial charge in [0.1, 0.15) is 17.7 Å². The van der Waals surface area contributed by atoms with E-state index in [1.807, 2.05) is 0 Å². The van der Waals surface area contributed by atoms with Crippen molar-refractivity contribution in [1.29, 1.82) is 0 Å². The molecule has 4 nitrogen and oxygen atoms in total. The van der Waals surface area contributed by atoms with Gasteiger partial charge in [-0.1, -0.05) is 35.3 Å². The molecule has 25 heavy (non-hydrogen) atoms. The Balaban J connectivity index is 2.07. The molecule has 0 radical (unpaired) electrons. The lowest BCUT2D eigenvalue weighted by molar-refractivity contribution is -0.141. The third-order valence-electron chi connectivity index (χ3n) is 3.44. The molecule has 0 aliphatic rings. The maximum absolute atomic E-state index is 13.6. The van der Waals surface area contributed by atoms with E-state index in [0.29, 0.717) is 16.7 Å². The number of hydrogen-bond acceptors (Lipinski definition) is 2. The molecule has 2 N–H and O–H groups in total. The molecule has 0 aliphatic heterocycles. The summed E-state index contributed by atoms with van der Waals surface area (Å²) in [7, 11) is 0. The molecular formula is C17H13Cl2F2NO3. The number of halogens is 4. The standard InChI is InChI=1S/C17H13Cl2F2NO3/c18-11-3-1-9(13(19)7-11)5-15(17(24)25)22-16(23)6-10-2-4-12(20)8-14(10)21/h1-4,7-8,15H,5-6H2,(H,22,23)(H,24,25)/t15-/m1/s1. The average molecular weight is 388 g/mol. The molecule has 1 amide bonds. The van der Waals surface area contributed by atoms with Gasteiger partial charge in [-0.25, -0.2) is 13.6 Å². The zero-order chi connectivity index (χ0) is 18.6. The van der Waals surface area contributed by atoms with Gasteiger partial charge in [0.05, 0.1) is 6.42 Å². The van der Waals surface area contributed by atoms with Crippen LogP contribution in [0.2, 0.25) is 10.0 Å². The predicted octanol–water partition coefficient (Wildman–Crippen LogP) is 3.63. The zero-order valence-electron chi connectivity index (χ0n) is 12.7. The van der Waals surface area contributed by atoms with E-state index in [9.17, 15) is 23.5 Å². The maximum Gasteiger partial charge on any atom is 0.326 e. The van der Waals surface area contributed by atoms with Crippen LogP contribution in [-0.2, 0) is 22.4 Å². The molecule has 0 bridgehead atoms. The van der Waals surface area contributed by atoms with Crippen molar-refractivity contribution < 1.29 is 23.5 Å². The van der Waals surface area contributed by atoms with Gasteiger partial charge in [0, 0.05) is 22.5 Å². The third-order valence-corrected chi connectivity index (χ3v) is 4.03. The van der Waals surface area contributed by atoms with Crippen molar-refractivity contribution in [2.75, 3.05) is 0 Å². The first-order chi connectivity index (χ1) is 11.8. The van der Waals surface area contributed by atoms with Crippen molar-refractivity contribution in [3.63, 3.8) is 0 Å². The van der Waals surface area contributed by atoms with Crippen molar-refractivity contribution in [2.45, 2.75) is 18.9 Å². The fraction of sp³-hybridized carbons (Fsp3) is 0.176. The van der Waals surface area contributed by atoms with E-state index in [-0.39, 0.29) is 17.0 Å². The van der Waals surface area contributed by atoms with Crippen molar-refractivity contribution >= 4 is 35.1 Å². The van der Waals surface area contributed by atoms with E-state index in [2.05, 4.69) is 5.32 Å². The lowest BCUT2D eigenvalue weighted by atomic mass is 10.0. The number of benzene rings is 2. The second kappa shape index (κ2) is 8.27. The highest BCUT2D eigenvalue weighted by molar-refractivity contribution is 6.35. The Morgan fingerprint density at radius 2 is 1.76 bits per heavy atom. The van der Waals surface area contributed by atoms with Gasteiger partial charge in [-0.05, 0) is 29.3 Å². The van der Waals surface area contributed by atoms with Crippen molar-refractivity contribution in [1.82, 2.24) is 5.32 Å². The highest BCUT2D eigenvalue weighted by atomic mass is 35.5. The summed E-state index contributed by atoms with van der Waals surface area (Å²) in [4.78, 5) is 23.4. The SMILES string of the molecule is O=C(Cc1ccc(F)cc1F)N[C@H](Cc1ccc(Cl)cc1Cl)C(=O)O. The number of hydrogen-bond donors (Lipinski definition) is 2. The summed E-state index contributed by atoms with van der Waals surface area (Å²) in [5.41, 5.74) is 0.458. The zero-order valence-corrected chi connectivity index (χ0v) is 14.2.